The molecule has 6 heteroatoms. The van der Waals surface area contributed by atoms with Gasteiger partial charge in [0.15, 0.2) is 0 Å². The lowest BCUT2D eigenvalue weighted by Crippen LogP contribution is -2.32. The van der Waals surface area contributed by atoms with E-state index in [1.54, 1.807) is 12.7 Å². The van der Waals surface area contributed by atoms with Gasteiger partial charge >= 0.3 is 0 Å². The molecule has 2 aromatic rings. The zero-order valence-electron chi connectivity index (χ0n) is 13.0. The van der Waals surface area contributed by atoms with E-state index in [2.05, 4.69) is 40.7 Å². The Bertz CT molecular complexity index is 569. The molecule has 1 fully saturated rings. The summed E-state index contributed by atoms with van der Waals surface area (Å²) in [6.07, 6.45) is 7.62. The second-order valence-corrected chi connectivity index (χ2v) is 6.75. The van der Waals surface area contributed by atoms with Crippen LogP contribution >= 0.6 is 0 Å². The van der Waals surface area contributed by atoms with Crippen molar-refractivity contribution in [2.45, 2.75) is 58.2 Å². The van der Waals surface area contributed by atoms with Crippen LogP contribution in [-0.4, -0.2) is 37.2 Å². The quantitative estimate of drug-likeness (QED) is 0.864. The average molecular weight is 289 g/mol. The average Bonchev–Trinajstić information content (AvgIpc) is 3.12. The van der Waals surface area contributed by atoms with Crippen LogP contribution in [0.5, 0.6) is 0 Å². The number of nitrogens with zero attached hydrogens (tertiary/aromatic N) is 5. The summed E-state index contributed by atoms with van der Waals surface area (Å²) in [4.78, 5) is 10.9. The van der Waals surface area contributed by atoms with Gasteiger partial charge in [0, 0.05) is 11.5 Å². The molecule has 1 aliphatic heterocycles. The van der Waals surface area contributed by atoms with Crippen LogP contribution in [0.3, 0.4) is 0 Å². The maximum atomic E-state index is 5.91. The minimum atomic E-state index is 0.0103. The highest BCUT2D eigenvalue weighted by Gasteiger charge is 2.27. The summed E-state index contributed by atoms with van der Waals surface area (Å²) in [5.74, 6) is 1.76. The van der Waals surface area contributed by atoms with Gasteiger partial charge in [0.25, 0.3) is 0 Å². The summed E-state index contributed by atoms with van der Waals surface area (Å²) < 4.78 is 7.81. The number of oxazole rings is 1. The van der Waals surface area contributed by atoms with E-state index >= 15 is 0 Å². The summed E-state index contributed by atoms with van der Waals surface area (Å²) >= 11 is 0. The number of likely N-dealkylation sites (tertiary alicyclic amines) is 1. The molecule has 0 radical (unpaired) electrons. The first-order chi connectivity index (χ1) is 10.0. The predicted octanol–water partition coefficient (Wildman–Crippen LogP) is 2.23. The molecular formula is C15H23N5O. The Kier molecular flexibility index (Phi) is 3.80. The van der Waals surface area contributed by atoms with E-state index in [4.69, 9.17) is 4.42 Å². The Morgan fingerprint density at radius 2 is 2.24 bits per heavy atom. The van der Waals surface area contributed by atoms with Crippen molar-refractivity contribution in [3.05, 3.63) is 30.5 Å². The van der Waals surface area contributed by atoms with Crippen LogP contribution in [-0.2, 0) is 18.5 Å². The highest BCUT2D eigenvalue weighted by Crippen LogP contribution is 2.25. The van der Waals surface area contributed by atoms with Crippen molar-refractivity contribution in [1.29, 1.82) is 0 Å². The van der Waals surface area contributed by atoms with E-state index in [0.29, 0.717) is 6.04 Å². The van der Waals surface area contributed by atoms with Gasteiger partial charge in [0.05, 0.1) is 19.3 Å². The van der Waals surface area contributed by atoms with E-state index < -0.39 is 0 Å². The molecule has 3 heterocycles. The van der Waals surface area contributed by atoms with Crippen LogP contribution in [0.4, 0.5) is 0 Å². The molecule has 6 nitrogen and oxygen atoms in total. The fraction of sp³-hybridized carbons (Fsp3) is 0.667. The van der Waals surface area contributed by atoms with Crippen LogP contribution in [0.25, 0.3) is 0 Å². The second-order valence-electron chi connectivity index (χ2n) is 6.75. The second kappa shape index (κ2) is 5.60. The van der Waals surface area contributed by atoms with E-state index in [1.165, 1.54) is 12.8 Å². The van der Waals surface area contributed by atoms with Crippen LogP contribution in [0.2, 0.25) is 0 Å². The third kappa shape index (κ3) is 3.32. The summed E-state index contributed by atoms with van der Waals surface area (Å²) in [7, 11) is 0. The van der Waals surface area contributed by atoms with Crippen molar-refractivity contribution < 1.29 is 4.42 Å². The molecule has 1 aliphatic rings. The highest BCUT2D eigenvalue weighted by molar-refractivity contribution is 5.06. The van der Waals surface area contributed by atoms with Crippen molar-refractivity contribution in [2.24, 2.45) is 0 Å². The standard InChI is InChI=1S/C15H23N5O/c1-15(2,3)13-7-17-14(21-13)9-19-6-4-5-12(19)8-20-11-16-10-18-20/h7,10-12H,4-6,8-9H2,1-3H3/t12-/m0/s1. The number of aromatic nitrogens is 4. The molecule has 1 saturated heterocycles. The topological polar surface area (TPSA) is 60.0 Å². The zero-order chi connectivity index (χ0) is 14.9. The normalized spacial score (nSPS) is 20.2. The Balaban J connectivity index is 1.64. The monoisotopic (exact) mass is 289 g/mol. The molecule has 0 amide bonds. The maximum Gasteiger partial charge on any atom is 0.208 e. The van der Waals surface area contributed by atoms with E-state index in [-0.39, 0.29) is 5.41 Å². The fourth-order valence-corrected chi connectivity index (χ4v) is 2.76. The number of hydrogen-bond acceptors (Lipinski definition) is 5. The number of hydrogen-bond donors (Lipinski definition) is 0. The van der Waals surface area contributed by atoms with Crippen LogP contribution < -0.4 is 0 Å². The number of rotatable bonds is 4. The molecular weight excluding hydrogens is 266 g/mol. The molecule has 0 aliphatic carbocycles. The lowest BCUT2D eigenvalue weighted by Gasteiger charge is -2.22. The largest absolute Gasteiger partial charge is 0.444 e. The first-order valence-corrected chi connectivity index (χ1v) is 7.54. The van der Waals surface area contributed by atoms with Crippen molar-refractivity contribution in [3.8, 4) is 0 Å². The lowest BCUT2D eigenvalue weighted by molar-refractivity contribution is 0.196. The molecule has 0 saturated carbocycles. The van der Waals surface area contributed by atoms with Crippen molar-refractivity contribution in [3.63, 3.8) is 0 Å². The van der Waals surface area contributed by atoms with Crippen molar-refractivity contribution in [2.75, 3.05) is 6.54 Å². The Labute approximate surface area is 125 Å². The van der Waals surface area contributed by atoms with E-state index in [0.717, 1.165) is 31.3 Å². The highest BCUT2D eigenvalue weighted by atomic mass is 16.4. The lowest BCUT2D eigenvalue weighted by atomic mass is 9.94. The molecule has 114 valence electrons. The molecule has 0 spiro atoms. The molecule has 0 N–H and O–H groups in total. The minimum Gasteiger partial charge on any atom is -0.444 e. The van der Waals surface area contributed by atoms with Gasteiger partial charge in [-0.25, -0.2) is 9.97 Å². The first kappa shape index (κ1) is 14.3. The van der Waals surface area contributed by atoms with Gasteiger partial charge in [-0.3, -0.25) is 9.58 Å². The molecule has 3 rings (SSSR count). The van der Waals surface area contributed by atoms with Crippen molar-refractivity contribution in [1.82, 2.24) is 24.6 Å². The molecule has 0 bridgehead atoms. The zero-order valence-corrected chi connectivity index (χ0v) is 13.0. The SMILES string of the molecule is CC(C)(C)c1cnc(CN2CCC[C@H]2Cn2cncn2)o1. The Morgan fingerprint density at radius 3 is 2.90 bits per heavy atom. The first-order valence-electron chi connectivity index (χ1n) is 7.54. The molecule has 2 aromatic heterocycles. The minimum absolute atomic E-state index is 0.0103. The third-order valence-electron chi connectivity index (χ3n) is 3.99. The van der Waals surface area contributed by atoms with Gasteiger partial charge in [0.1, 0.15) is 18.4 Å². The van der Waals surface area contributed by atoms with Crippen molar-refractivity contribution >= 4 is 0 Å². The molecule has 1 atom stereocenters. The Hall–Kier alpha value is -1.69. The smallest absolute Gasteiger partial charge is 0.208 e. The van der Waals surface area contributed by atoms with Gasteiger partial charge in [-0.15, -0.1) is 0 Å². The van der Waals surface area contributed by atoms with Crippen LogP contribution in [0.1, 0.15) is 45.3 Å². The van der Waals surface area contributed by atoms with Gasteiger partial charge in [-0.2, -0.15) is 5.10 Å². The summed E-state index contributed by atoms with van der Waals surface area (Å²) in [5.41, 5.74) is 0.0103. The Morgan fingerprint density at radius 1 is 1.38 bits per heavy atom. The van der Waals surface area contributed by atoms with E-state index in [9.17, 15) is 0 Å². The van der Waals surface area contributed by atoms with Crippen LogP contribution in [0.15, 0.2) is 23.3 Å². The van der Waals surface area contributed by atoms with E-state index in [1.807, 2.05) is 10.9 Å². The predicted molar refractivity (Wildman–Crippen MR) is 78.7 cm³/mol. The van der Waals surface area contributed by atoms with Gasteiger partial charge in [-0.1, -0.05) is 20.8 Å². The summed E-state index contributed by atoms with van der Waals surface area (Å²) in [5, 5.41) is 4.20. The molecule has 21 heavy (non-hydrogen) atoms. The summed E-state index contributed by atoms with van der Waals surface area (Å²) in [6.45, 7) is 9.16. The molecule has 0 unspecified atom stereocenters. The third-order valence-corrected chi connectivity index (χ3v) is 3.99. The van der Waals surface area contributed by atoms with Gasteiger partial charge in [-0.05, 0) is 19.4 Å². The fourth-order valence-electron chi connectivity index (χ4n) is 2.76. The maximum absolute atomic E-state index is 5.91. The summed E-state index contributed by atoms with van der Waals surface area (Å²) in [6, 6.07) is 0.483. The van der Waals surface area contributed by atoms with Crippen LogP contribution in [0, 0.1) is 0 Å². The molecule has 0 aromatic carbocycles. The van der Waals surface area contributed by atoms with Gasteiger partial charge in [0.2, 0.25) is 5.89 Å². The van der Waals surface area contributed by atoms with Gasteiger partial charge < -0.3 is 4.42 Å².